The predicted molar refractivity (Wildman–Crippen MR) is 83.5 cm³/mol. The quantitative estimate of drug-likeness (QED) is 0.917. The SMILES string of the molecule is O=C(CCc1nc(-c2cccc(Cl)c2)no1)NC1CCCC1. The number of hydrogen-bond acceptors (Lipinski definition) is 4. The zero-order valence-corrected chi connectivity index (χ0v) is 13.0. The van der Waals surface area contributed by atoms with Crippen LogP contribution >= 0.6 is 11.6 Å². The standard InChI is InChI=1S/C16H18ClN3O2/c17-12-5-3-4-11(10-12)16-19-15(22-20-16)9-8-14(21)18-13-6-1-2-7-13/h3-5,10,13H,1-2,6-9H2,(H,18,21). The molecule has 1 saturated carbocycles. The van der Waals surface area contributed by atoms with E-state index in [1.807, 2.05) is 12.1 Å². The average molecular weight is 320 g/mol. The Bertz CT molecular complexity index is 650. The fraction of sp³-hybridized carbons (Fsp3) is 0.438. The first-order chi connectivity index (χ1) is 10.7. The fourth-order valence-corrected chi connectivity index (χ4v) is 2.88. The summed E-state index contributed by atoms with van der Waals surface area (Å²) < 4.78 is 5.20. The average Bonchev–Trinajstić information content (AvgIpc) is 3.16. The monoisotopic (exact) mass is 319 g/mol. The van der Waals surface area contributed by atoms with Crippen LogP contribution in [0.2, 0.25) is 5.02 Å². The summed E-state index contributed by atoms with van der Waals surface area (Å²) in [6.07, 6.45) is 5.41. The largest absolute Gasteiger partial charge is 0.353 e. The van der Waals surface area contributed by atoms with Crippen molar-refractivity contribution in [2.24, 2.45) is 0 Å². The van der Waals surface area contributed by atoms with Crippen LogP contribution < -0.4 is 5.32 Å². The van der Waals surface area contributed by atoms with Crippen molar-refractivity contribution in [3.05, 3.63) is 35.2 Å². The first-order valence-corrected chi connectivity index (χ1v) is 7.96. The van der Waals surface area contributed by atoms with Crippen LogP contribution in [0.15, 0.2) is 28.8 Å². The van der Waals surface area contributed by atoms with E-state index in [2.05, 4.69) is 15.5 Å². The normalized spacial score (nSPS) is 15.1. The van der Waals surface area contributed by atoms with Crippen molar-refractivity contribution >= 4 is 17.5 Å². The van der Waals surface area contributed by atoms with Gasteiger partial charge in [0.2, 0.25) is 17.6 Å². The van der Waals surface area contributed by atoms with Crippen molar-refractivity contribution in [3.63, 3.8) is 0 Å². The molecule has 0 spiro atoms. The first kappa shape index (κ1) is 15.0. The van der Waals surface area contributed by atoms with Crippen LogP contribution in [0.4, 0.5) is 0 Å². The molecule has 1 aromatic heterocycles. The lowest BCUT2D eigenvalue weighted by molar-refractivity contribution is -0.121. The van der Waals surface area contributed by atoms with Gasteiger partial charge >= 0.3 is 0 Å². The minimum absolute atomic E-state index is 0.0504. The zero-order chi connectivity index (χ0) is 15.4. The van der Waals surface area contributed by atoms with Crippen LogP contribution in [0, 0.1) is 0 Å². The number of halogens is 1. The molecule has 2 aromatic rings. The Balaban J connectivity index is 1.54. The highest BCUT2D eigenvalue weighted by atomic mass is 35.5. The van der Waals surface area contributed by atoms with Gasteiger partial charge in [0.05, 0.1) is 0 Å². The van der Waals surface area contributed by atoms with Crippen LogP contribution in [-0.2, 0) is 11.2 Å². The number of benzene rings is 1. The Kier molecular flexibility index (Phi) is 4.73. The molecular weight excluding hydrogens is 302 g/mol. The molecule has 0 aliphatic heterocycles. The molecule has 1 fully saturated rings. The maximum absolute atomic E-state index is 11.9. The molecule has 6 heteroatoms. The van der Waals surface area contributed by atoms with Gasteiger partial charge in [-0.1, -0.05) is 41.7 Å². The number of hydrogen-bond donors (Lipinski definition) is 1. The Morgan fingerprint density at radius 3 is 2.95 bits per heavy atom. The Hall–Kier alpha value is -1.88. The number of carbonyl (C=O) groups excluding carboxylic acids is 1. The highest BCUT2D eigenvalue weighted by molar-refractivity contribution is 6.30. The van der Waals surface area contributed by atoms with Gasteiger partial charge in [-0.15, -0.1) is 0 Å². The number of carbonyl (C=O) groups is 1. The molecule has 22 heavy (non-hydrogen) atoms. The summed E-state index contributed by atoms with van der Waals surface area (Å²) >= 11 is 5.95. The lowest BCUT2D eigenvalue weighted by Crippen LogP contribution is -2.32. The lowest BCUT2D eigenvalue weighted by atomic mass is 10.2. The topological polar surface area (TPSA) is 68.0 Å². The lowest BCUT2D eigenvalue weighted by Gasteiger charge is -2.10. The highest BCUT2D eigenvalue weighted by Crippen LogP contribution is 2.20. The van der Waals surface area contributed by atoms with Crippen LogP contribution in [0.5, 0.6) is 0 Å². The molecule has 1 aliphatic rings. The molecule has 0 saturated heterocycles. The van der Waals surface area contributed by atoms with Crippen molar-refractivity contribution < 1.29 is 9.32 Å². The zero-order valence-electron chi connectivity index (χ0n) is 12.2. The highest BCUT2D eigenvalue weighted by Gasteiger charge is 2.17. The Morgan fingerprint density at radius 2 is 2.18 bits per heavy atom. The predicted octanol–water partition coefficient (Wildman–Crippen LogP) is 3.38. The van der Waals surface area contributed by atoms with E-state index in [4.69, 9.17) is 16.1 Å². The summed E-state index contributed by atoms with van der Waals surface area (Å²) in [7, 11) is 0. The van der Waals surface area contributed by atoms with E-state index >= 15 is 0 Å². The van der Waals surface area contributed by atoms with Crippen LogP contribution in [0.1, 0.15) is 38.0 Å². The number of rotatable bonds is 5. The van der Waals surface area contributed by atoms with E-state index in [-0.39, 0.29) is 5.91 Å². The van der Waals surface area contributed by atoms with E-state index in [9.17, 15) is 4.79 Å². The van der Waals surface area contributed by atoms with Crippen molar-refractivity contribution in [1.29, 1.82) is 0 Å². The van der Waals surface area contributed by atoms with Gasteiger partial charge in [0.15, 0.2) is 0 Å². The van der Waals surface area contributed by atoms with E-state index in [0.717, 1.165) is 18.4 Å². The second kappa shape index (κ2) is 6.92. The van der Waals surface area contributed by atoms with Crippen LogP contribution in [0.3, 0.4) is 0 Å². The van der Waals surface area contributed by atoms with Crippen molar-refractivity contribution in [2.45, 2.75) is 44.6 Å². The molecule has 3 rings (SSSR count). The molecule has 1 heterocycles. The van der Waals surface area contributed by atoms with Gasteiger partial charge in [-0.2, -0.15) is 4.98 Å². The molecule has 0 bridgehead atoms. The molecule has 0 radical (unpaired) electrons. The molecular formula is C16H18ClN3O2. The van der Waals surface area contributed by atoms with Crippen molar-refractivity contribution in [3.8, 4) is 11.4 Å². The van der Waals surface area contributed by atoms with Gasteiger partial charge < -0.3 is 9.84 Å². The number of nitrogens with zero attached hydrogens (tertiary/aromatic N) is 2. The summed E-state index contributed by atoms with van der Waals surface area (Å²) in [5, 5.41) is 7.61. The maximum atomic E-state index is 11.9. The van der Waals surface area contributed by atoms with Gasteiger partial charge in [0, 0.05) is 29.5 Å². The second-order valence-electron chi connectivity index (χ2n) is 5.57. The molecule has 0 atom stereocenters. The van der Waals surface area contributed by atoms with E-state index in [0.29, 0.717) is 35.6 Å². The van der Waals surface area contributed by atoms with Crippen molar-refractivity contribution in [2.75, 3.05) is 0 Å². The summed E-state index contributed by atoms with van der Waals surface area (Å²) in [5.74, 6) is 1.01. The molecule has 5 nitrogen and oxygen atoms in total. The molecule has 1 aromatic carbocycles. The minimum Gasteiger partial charge on any atom is -0.353 e. The maximum Gasteiger partial charge on any atom is 0.227 e. The molecule has 0 unspecified atom stereocenters. The van der Waals surface area contributed by atoms with Crippen molar-refractivity contribution in [1.82, 2.24) is 15.5 Å². The summed E-state index contributed by atoms with van der Waals surface area (Å²) in [6, 6.07) is 7.62. The van der Waals surface area contributed by atoms with E-state index in [1.165, 1.54) is 12.8 Å². The number of aryl methyl sites for hydroxylation is 1. The second-order valence-corrected chi connectivity index (χ2v) is 6.01. The molecule has 1 N–H and O–H groups in total. The molecule has 1 amide bonds. The third kappa shape index (κ3) is 3.85. The van der Waals surface area contributed by atoms with Gasteiger partial charge in [0.1, 0.15) is 0 Å². The van der Waals surface area contributed by atoms with E-state index < -0.39 is 0 Å². The number of aromatic nitrogens is 2. The molecule has 116 valence electrons. The minimum atomic E-state index is 0.0504. The fourth-order valence-electron chi connectivity index (χ4n) is 2.69. The van der Waals surface area contributed by atoms with Gasteiger partial charge in [-0.3, -0.25) is 4.79 Å². The molecule has 1 aliphatic carbocycles. The third-order valence-corrected chi connectivity index (χ3v) is 4.07. The number of amides is 1. The Labute approximate surface area is 134 Å². The summed E-state index contributed by atoms with van der Waals surface area (Å²) in [4.78, 5) is 16.2. The smallest absolute Gasteiger partial charge is 0.227 e. The van der Waals surface area contributed by atoms with Crippen LogP contribution in [-0.4, -0.2) is 22.1 Å². The van der Waals surface area contributed by atoms with Gasteiger partial charge in [-0.25, -0.2) is 0 Å². The third-order valence-electron chi connectivity index (χ3n) is 3.84. The summed E-state index contributed by atoms with van der Waals surface area (Å²) in [6.45, 7) is 0. The Morgan fingerprint density at radius 1 is 1.36 bits per heavy atom. The van der Waals surface area contributed by atoms with E-state index in [1.54, 1.807) is 12.1 Å². The first-order valence-electron chi connectivity index (χ1n) is 7.58. The van der Waals surface area contributed by atoms with Gasteiger partial charge in [0.25, 0.3) is 0 Å². The van der Waals surface area contributed by atoms with Crippen LogP contribution in [0.25, 0.3) is 11.4 Å². The number of nitrogens with one attached hydrogen (secondary N) is 1. The summed E-state index contributed by atoms with van der Waals surface area (Å²) in [5.41, 5.74) is 0.804. The van der Waals surface area contributed by atoms with Gasteiger partial charge in [-0.05, 0) is 25.0 Å².